The van der Waals surface area contributed by atoms with Crippen molar-refractivity contribution in [3.8, 4) is 17.3 Å². The minimum absolute atomic E-state index is 0.160. The molecular formula is C25H25N5O. The lowest BCUT2D eigenvalue weighted by molar-refractivity contribution is 0.270. The maximum absolute atomic E-state index is 6.35. The highest BCUT2D eigenvalue weighted by molar-refractivity contribution is 5.60. The number of aromatic nitrogens is 5. The van der Waals surface area contributed by atoms with Crippen molar-refractivity contribution in [3.63, 3.8) is 0 Å². The summed E-state index contributed by atoms with van der Waals surface area (Å²) in [5.74, 6) is 2.25. The number of hydrogen-bond acceptors (Lipinski definition) is 5. The van der Waals surface area contributed by atoms with E-state index in [1.165, 1.54) is 37.7 Å². The van der Waals surface area contributed by atoms with E-state index in [4.69, 9.17) is 9.84 Å². The van der Waals surface area contributed by atoms with Gasteiger partial charge in [0, 0.05) is 22.2 Å². The van der Waals surface area contributed by atoms with E-state index in [2.05, 4.69) is 21.2 Å². The van der Waals surface area contributed by atoms with Crippen LogP contribution in [-0.4, -0.2) is 24.8 Å². The van der Waals surface area contributed by atoms with Crippen LogP contribution in [0.3, 0.4) is 0 Å². The Labute approximate surface area is 181 Å². The van der Waals surface area contributed by atoms with Crippen LogP contribution in [0.25, 0.3) is 17.0 Å². The summed E-state index contributed by atoms with van der Waals surface area (Å²) in [6.45, 7) is 2.40. The summed E-state index contributed by atoms with van der Waals surface area (Å²) in [4.78, 5) is 4.59. The van der Waals surface area contributed by atoms with E-state index >= 15 is 0 Å². The standard InChI is InChI=1S/C25H25N5O/c1-17-6-5-9-20(26-17)16-31-24-21(25-12-10-18(15-25)11-13-25)14-22-27-28-23(30(22)29-24)19-7-3-2-4-8-19/h2-9,14,18H,10-13,15-16H2,1H3. The van der Waals surface area contributed by atoms with Crippen molar-refractivity contribution in [1.29, 1.82) is 0 Å². The van der Waals surface area contributed by atoms with Crippen LogP contribution < -0.4 is 4.74 Å². The van der Waals surface area contributed by atoms with E-state index in [0.717, 1.165) is 34.3 Å². The quantitative estimate of drug-likeness (QED) is 0.467. The molecule has 0 unspecified atom stereocenters. The fourth-order valence-corrected chi connectivity index (χ4v) is 5.46. The van der Waals surface area contributed by atoms with Gasteiger partial charge in [-0.3, -0.25) is 4.98 Å². The number of hydrogen-bond donors (Lipinski definition) is 0. The Kier molecular flexibility index (Phi) is 4.26. The highest BCUT2D eigenvalue weighted by Gasteiger charge is 2.48. The van der Waals surface area contributed by atoms with E-state index in [1.54, 1.807) is 0 Å². The Morgan fingerprint density at radius 3 is 2.61 bits per heavy atom. The third-order valence-corrected chi connectivity index (χ3v) is 7.01. The lowest BCUT2D eigenvalue weighted by atomic mass is 9.78. The van der Waals surface area contributed by atoms with E-state index in [9.17, 15) is 0 Å². The summed E-state index contributed by atoms with van der Waals surface area (Å²) < 4.78 is 8.17. The predicted octanol–water partition coefficient (Wildman–Crippen LogP) is 4.91. The molecule has 1 aromatic carbocycles. The van der Waals surface area contributed by atoms with E-state index in [-0.39, 0.29) is 5.41 Å². The third-order valence-electron chi connectivity index (χ3n) is 7.01. The largest absolute Gasteiger partial charge is 0.470 e. The van der Waals surface area contributed by atoms with Gasteiger partial charge in [0.25, 0.3) is 0 Å². The summed E-state index contributed by atoms with van der Waals surface area (Å²) in [5.41, 5.74) is 5.02. The normalized spacial score (nSPS) is 22.3. The van der Waals surface area contributed by atoms with Crippen molar-refractivity contribution in [2.75, 3.05) is 0 Å². The van der Waals surface area contributed by atoms with Crippen LogP contribution in [0.15, 0.2) is 54.6 Å². The molecule has 0 spiro atoms. The van der Waals surface area contributed by atoms with Crippen LogP contribution in [0.5, 0.6) is 5.88 Å². The lowest BCUT2D eigenvalue weighted by Gasteiger charge is -2.28. The molecule has 0 aliphatic heterocycles. The number of nitrogens with zero attached hydrogens (tertiary/aromatic N) is 5. The maximum atomic E-state index is 6.35. The van der Waals surface area contributed by atoms with Crippen LogP contribution in [-0.2, 0) is 12.0 Å². The van der Waals surface area contributed by atoms with Gasteiger partial charge in [0.1, 0.15) is 6.61 Å². The lowest BCUT2D eigenvalue weighted by Crippen LogP contribution is -2.22. The number of benzene rings is 1. The molecule has 0 saturated heterocycles. The van der Waals surface area contributed by atoms with Crippen LogP contribution in [0.2, 0.25) is 0 Å². The fourth-order valence-electron chi connectivity index (χ4n) is 5.46. The number of pyridine rings is 1. The molecule has 0 atom stereocenters. The molecule has 6 rings (SSSR count). The molecule has 2 aliphatic carbocycles. The van der Waals surface area contributed by atoms with Crippen LogP contribution in [0.1, 0.15) is 49.1 Å². The fraction of sp³-hybridized carbons (Fsp3) is 0.360. The second-order valence-electron chi connectivity index (χ2n) is 9.01. The van der Waals surface area contributed by atoms with Gasteiger partial charge in [-0.1, -0.05) is 36.4 Å². The molecule has 0 N–H and O–H groups in total. The number of fused-ring (bicyclic) bond motifs is 3. The Hall–Kier alpha value is -3.28. The third kappa shape index (κ3) is 3.17. The molecule has 4 aromatic rings. The van der Waals surface area contributed by atoms with Gasteiger partial charge in [0.05, 0.1) is 5.69 Å². The molecule has 3 heterocycles. The topological polar surface area (TPSA) is 65.2 Å². The summed E-state index contributed by atoms with van der Waals surface area (Å²) in [6.07, 6.45) is 6.23. The molecule has 2 fully saturated rings. The molecule has 6 nitrogen and oxygen atoms in total. The summed E-state index contributed by atoms with van der Waals surface area (Å²) in [7, 11) is 0. The first-order valence-corrected chi connectivity index (χ1v) is 11.1. The van der Waals surface area contributed by atoms with E-state index < -0.39 is 0 Å². The first kappa shape index (κ1) is 18.5. The Morgan fingerprint density at radius 2 is 1.87 bits per heavy atom. The maximum Gasteiger partial charge on any atom is 0.236 e. The van der Waals surface area contributed by atoms with Gasteiger partial charge in [-0.25, -0.2) is 0 Å². The van der Waals surface area contributed by atoms with Crippen LogP contribution in [0, 0.1) is 12.8 Å². The first-order valence-electron chi connectivity index (χ1n) is 11.1. The molecule has 6 heteroatoms. The smallest absolute Gasteiger partial charge is 0.236 e. The monoisotopic (exact) mass is 411 g/mol. The van der Waals surface area contributed by atoms with Crippen LogP contribution >= 0.6 is 0 Å². The zero-order valence-corrected chi connectivity index (χ0v) is 17.7. The van der Waals surface area contributed by atoms with Crippen molar-refractivity contribution < 1.29 is 4.74 Å². The van der Waals surface area contributed by atoms with Crippen molar-refractivity contribution in [3.05, 3.63) is 71.5 Å². The summed E-state index contributed by atoms with van der Waals surface area (Å²) >= 11 is 0. The molecular weight excluding hydrogens is 386 g/mol. The average Bonchev–Trinajstić information content (AvgIpc) is 3.52. The van der Waals surface area contributed by atoms with Gasteiger partial charge in [0.2, 0.25) is 5.88 Å². The van der Waals surface area contributed by atoms with Gasteiger partial charge in [-0.05, 0) is 63.1 Å². The zero-order valence-electron chi connectivity index (χ0n) is 17.7. The molecule has 2 aliphatic rings. The first-order chi connectivity index (χ1) is 15.2. The van der Waals surface area contributed by atoms with E-state index in [1.807, 2.05) is 60.0 Å². The van der Waals surface area contributed by atoms with Crippen LogP contribution in [0.4, 0.5) is 0 Å². The van der Waals surface area contributed by atoms with Gasteiger partial charge in [-0.2, -0.15) is 4.52 Å². The molecule has 3 aromatic heterocycles. The molecule has 0 amide bonds. The average molecular weight is 412 g/mol. The minimum atomic E-state index is 0.160. The summed E-state index contributed by atoms with van der Waals surface area (Å²) in [5, 5.41) is 13.9. The highest BCUT2D eigenvalue weighted by atomic mass is 16.5. The number of aryl methyl sites for hydroxylation is 1. The Balaban J connectivity index is 1.45. The number of ether oxygens (including phenoxy) is 1. The summed E-state index contributed by atoms with van der Waals surface area (Å²) in [6, 6.07) is 18.2. The molecule has 2 saturated carbocycles. The minimum Gasteiger partial charge on any atom is -0.470 e. The SMILES string of the molecule is Cc1cccc(COc2nn3c(-c4ccccc4)nnc3cc2C23CCC(CC2)C3)n1. The van der Waals surface area contributed by atoms with Crippen molar-refractivity contribution >= 4 is 5.65 Å². The Morgan fingerprint density at radius 1 is 1.03 bits per heavy atom. The zero-order chi connectivity index (χ0) is 20.8. The van der Waals surface area contributed by atoms with E-state index in [0.29, 0.717) is 12.5 Å². The van der Waals surface area contributed by atoms with Gasteiger partial charge >= 0.3 is 0 Å². The predicted molar refractivity (Wildman–Crippen MR) is 118 cm³/mol. The molecule has 156 valence electrons. The molecule has 2 bridgehead atoms. The van der Waals surface area contributed by atoms with Gasteiger partial charge < -0.3 is 4.74 Å². The van der Waals surface area contributed by atoms with Crippen molar-refractivity contribution in [1.82, 2.24) is 24.8 Å². The molecule has 0 radical (unpaired) electrons. The number of rotatable bonds is 5. The second-order valence-corrected chi connectivity index (χ2v) is 9.01. The highest BCUT2D eigenvalue weighted by Crippen LogP contribution is 2.57. The molecule has 31 heavy (non-hydrogen) atoms. The second kappa shape index (κ2) is 7.15. The van der Waals surface area contributed by atoms with Crippen molar-refractivity contribution in [2.45, 2.75) is 51.0 Å². The van der Waals surface area contributed by atoms with Gasteiger partial charge in [-0.15, -0.1) is 15.3 Å². The Bertz CT molecular complexity index is 1240. The van der Waals surface area contributed by atoms with Crippen molar-refractivity contribution in [2.24, 2.45) is 5.92 Å². The van der Waals surface area contributed by atoms with Gasteiger partial charge in [0.15, 0.2) is 11.5 Å².